The highest BCUT2D eigenvalue weighted by Crippen LogP contribution is 2.15. The molecule has 0 radical (unpaired) electrons. The minimum atomic E-state index is -4.44. The van der Waals surface area contributed by atoms with Gasteiger partial charge < -0.3 is 15.4 Å². The smallest absolute Gasteiger partial charge is 0.367 e. The molecule has 6 nitrogen and oxygen atoms in total. The number of rotatable bonds is 7. The second-order valence-corrected chi connectivity index (χ2v) is 3.88. The first-order valence-electron chi connectivity index (χ1n) is 5.84. The van der Waals surface area contributed by atoms with Crippen molar-refractivity contribution in [2.24, 2.45) is 0 Å². The van der Waals surface area contributed by atoms with Crippen molar-refractivity contribution in [3.63, 3.8) is 0 Å². The number of halogens is 3. The second kappa shape index (κ2) is 7.63. The molecule has 0 saturated carbocycles. The van der Waals surface area contributed by atoms with Gasteiger partial charge in [-0.15, -0.1) is 0 Å². The summed E-state index contributed by atoms with van der Waals surface area (Å²) >= 11 is 0. The Hall–Kier alpha value is -1.90. The fourth-order valence-electron chi connectivity index (χ4n) is 1.21. The van der Waals surface area contributed by atoms with Crippen LogP contribution in [0.15, 0.2) is 18.6 Å². The fourth-order valence-corrected chi connectivity index (χ4v) is 1.21. The molecule has 0 aromatic carbocycles. The quantitative estimate of drug-likeness (QED) is 0.732. The molecule has 1 heterocycles. The number of alkyl halides is 3. The highest BCUT2D eigenvalue weighted by Gasteiger charge is 2.29. The molecule has 1 aromatic heterocycles. The summed E-state index contributed by atoms with van der Waals surface area (Å²) in [5.74, 6) is -0.0571. The lowest BCUT2D eigenvalue weighted by molar-refractivity contribution is -0.185. The van der Waals surface area contributed by atoms with E-state index < -0.39 is 24.8 Å². The predicted octanol–water partition coefficient (Wildman–Crippen LogP) is 0.972. The van der Waals surface area contributed by atoms with E-state index in [0.29, 0.717) is 12.4 Å². The number of hydrogen-bond acceptors (Lipinski definition) is 5. The van der Waals surface area contributed by atoms with Gasteiger partial charge in [-0.2, -0.15) is 13.2 Å². The molecular formula is C11H15F3N4O2. The number of ether oxygens (including phenoxy) is 1. The largest absolute Gasteiger partial charge is 0.411 e. The van der Waals surface area contributed by atoms with Crippen molar-refractivity contribution in [3.05, 3.63) is 18.6 Å². The van der Waals surface area contributed by atoms with Crippen molar-refractivity contribution in [3.8, 4) is 0 Å². The van der Waals surface area contributed by atoms with Crippen LogP contribution >= 0.6 is 0 Å². The van der Waals surface area contributed by atoms with Gasteiger partial charge in [-0.05, 0) is 6.92 Å². The van der Waals surface area contributed by atoms with Gasteiger partial charge in [0.2, 0.25) is 5.91 Å². The third-order valence-electron chi connectivity index (χ3n) is 2.16. The zero-order valence-electron chi connectivity index (χ0n) is 10.8. The highest BCUT2D eigenvalue weighted by atomic mass is 19.4. The molecule has 112 valence electrons. The van der Waals surface area contributed by atoms with Crippen molar-refractivity contribution in [2.75, 3.05) is 25.0 Å². The van der Waals surface area contributed by atoms with Crippen molar-refractivity contribution in [2.45, 2.75) is 19.2 Å². The van der Waals surface area contributed by atoms with Gasteiger partial charge in [0, 0.05) is 25.5 Å². The number of anilines is 1. The van der Waals surface area contributed by atoms with Gasteiger partial charge >= 0.3 is 6.18 Å². The topological polar surface area (TPSA) is 76.1 Å². The molecule has 1 atom stereocenters. The van der Waals surface area contributed by atoms with E-state index in [1.165, 1.54) is 25.5 Å². The van der Waals surface area contributed by atoms with Gasteiger partial charge in [-0.1, -0.05) is 0 Å². The standard InChI is InChI=1S/C11H15F3N4O2/c1-8(20-7-11(12,13)14)10(19)18-5-4-17-9-6-15-2-3-16-9/h2-3,6,8H,4-5,7H2,1H3,(H,16,17)(H,18,19)/t8-/m1/s1. The zero-order chi connectivity index (χ0) is 15.0. The monoisotopic (exact) mass is 292 g/mol. The molecule has 20 heavy (non-hydrogen) atoms. The first-order valence-corrected chi connectivity index (χ1v) is 5.84. The van der Waals surface area contributed by atoms with Crippen LogP contribution in [0.25, 0.3) is 0 Å². The molecule has 1 amide bonds. The Morgan fingerprint density at radius 1 is 1.40 bits per heavy atom. The Morgan fingerprint density at radius 2 is 2.15 bits per heavy atom. The van der Waals surface area contributed by atoms with Crippen LogP contribution in [0.4, 0.5) is 19.0 Å². The van der Waals surface area contributed by atoms with E-state index in [4.69, 9.17) is 0 Å². The molecule has 0 unspecified atom stereocenters. The molecule has 0 bridgehead atoms. The lowest BCUT2D eigenvalue weighted by atomic mass is 10.3. The number of nitrogens with zero attached hydrogens (tertiary/aromatic N) is 2. The molecule has 0 fully saturated rings. The summed E-state index contributed by atoms with van der Waals surface area (Å²) in [5, 5.41) is 5.33. The summed E-state index contributed by atoms with van der Waals surface area (Å²) < 4.78 is 40.1. The average Bonchev–Trinajstić information content (AvgIpc) is 2.41. The third kappa shape index (κ3) is 6.88. The number of aromatic nitrogens is 2. The molecule has 1 rings (SSSR count). The summed E-state index contributed by atoms with van der Waals surface area (Å²) in [4.78, 5) is 19.2. The van der Waals surface area contributed by atoms with Crippen LogP contribution in [-0.4, -0.2) is 47.9 Å². The van der Waals surface area contributed by atoms with Crippen LogP contribution in [0.2, 0.25) is 0 Å². The minimum absolute atomic E-state index is 0.231. The lowest BCUT2D eigenvalue weighted by Crippen LogP contribution is -2.38. The Morgan fingerprint density at radius 3 is 2.75 bits per heavy atom. The first kappa shape index (κ1) is 16.2. The Kier molecular flexibility index (Phi) is 6.16. The average molecular weight is 292 g/mol. The van der Waals surface area contributed by atoms with E-state index >= 15 is 0 Å². The number of amides is 1. The van der Waals surface area contributed by atoms with E-state index in [0.717, 1.165) is 0 Å². The minimum Gasteiger partial charge on any atom is -0.367 e. The Labute approximate surface area is 113 Å². The Bertz CT molecular complexity index is 414. The van der Waals surface area contributed by atoms with Crippen LogP contribution < -0.4 is 10.6 Å². The lowest BCUT2D eigenvalue weighted by Gasteiger charge is -2.14. The maximum absolute atomic E-state index is 11.9. The molecular weight excluding hydrogens is 277 g/mol. The van der Waals surface area contributed by atoms with Crippen LogP contribution in [0, 0.1) is 0 Å². The van der Waals surface area contributed by atoms with E-state index in [1.807, 2.05) is 0 Å². The van der Waals surface area contributed by atoms with Crippen LogP contribution in [-0.2, 0) is 9.53 Å². The van der Waals surface area contributed by atoms with Crippen LogP contribution in [0.5, 0.6) is 0 Å². The van der Waals surface area contributed by atoms with Gasteiger partial charge in [0.15, 0.2) is 0 Å². The van der Waals surface area contributed by atoms with Crippen molar-refractivity contribution in [1.82, 2.24) is 15.3 Å². The van der Waals surface area contributed by atoms with E-state index in [-0.39, 0.29) is 6.54 Å². The van der Waals surface area contributed by atoms with Gasteiger partial charge in [-0.25, -0.2) is 4.98 Å². The number of nitrogens with one attached hydrogen (secondary N) is 2. The molecule has 0 aliphatic heterocycles. The number of hydrogen-bond donors (Lipinski definition) is 2. The summed E-state index contributed by atoms with van der Waals surface area (Å²) in [7, 11) is 0. The van der Waals surface area contributed by atoms with E-state index in [1.54, 1.807) is 0 Å². The maximum atomic E-state index is 11.9. The van der Waals surface area contributed by atoms with Gasteiger partial charge in [-0.3, -0.25) is 9.78 Å². The van der Waals surface area contributed by atoms with Gasteiger partial charge in [0.25, 0.3) is 0 Å². The normalized spacial score (nSPS) is 12.8. The summed E-state index contributed by atoms with van der Waals surface area (Å²) in [6, 6.07) is 0. The fraction of sp³-hybridized carbons (Fsp3) is 0.545. The second-order valence-electron chi connectivity index (χ2n) is 3.88. The highest BCUT2D eigenvalue weighted by molar-refractivity contribution is 5.80. The SMILES string of the molecule is C[C@@H](OCC(F)(F)F)C(=O)NCCNc1cnccn1. The number of carbonyl (C=O) groups is 1. The first-order chi connectivity index (χ1) is 9.38. The summed E-state index contributed by atoms with van der Waals surface area (Å²) in [5.41, 5.74) is 0. The molecule has 0 spiro atoms. The van der Waals surface area contributed by atoms with Crippen molar-refractivity contribution < 1.29 is 22.7 Å². The maximum Gasteiger partial charge on any atom is 0.411 e. The molecule has 9 heteroatoms. The third-order valence-corrected chi connectivity index (χ3v) is 2.16. The zero-order valence-corrected chi connectivity index (χ0v) is 10.8. The Balaban J connectivity index is 2.16. The van der Waals surface area contributed by atoms with Crippen molar-refractivity contribution >= 4 is 11.7 Å². The van der Waals surface area contributed by atoms with Crippen LogP contribution in [0.1, 0.15) is 6.92 Å². The van der Waals surface area contributed by atoms with E-state index in [2.05, 4.69) is 25.3 Å². The van der Waals surface area contributed by atoms with Crippen LogP contribution in [0.3, 0.4) is 0 Å². The summed E-state index contributed by atoms with van der Waals surface area (Å²) in [6.45, 7) is 0.419. The summed E-state index contributed by atoms with van der Waals surface area (Å²) in [6.07, 6.45) is -1.06. The van der Waals surface area contributed by atoms with Gasteiger partial charge in [0.1, 0.15) is 18.5 Å². The molecule has 0 aliphatic carbocycles. The van der Waals surface area contributed by atoms with E-state index in [9.17, 15) is 18.0 Å². The van der Waals surface area contributed by atoms with Crippen molar-refractivity contribution in [1.29, 1.82) is 0 Å². The molecule has 2 N–H and O–H groups in total. The number of carbonyl (C=O) groups excluding carboxylic acids is 1. The molecule has 0 aliphatic rings. The van der Waals surface area contributed by atoms with Gasteiger partial charge in [0.05, 0.1) is 6.20 Å². The molecule has 0 saturated heterocycles. The molecule has 1 aromatic rings. The predicted molar refractivity (Wildman–Crippen MR) is 65.0 cm³/mol.